The smallest absolute Gasteiger partial charge is 0.326 e. The van der Waals surface area contributed by atoms with Crippen molar-refractivity contribution in [3.05, 3.63) is 64.7 Å². The van der Waals surface area contributed by atoms with Crippen LogP contribution in [0.1, 0.15) is 22.3 Å². The Hall–Kier alpha value is -2.30. The van der Waals surface area contributed by atoms with E-state index in [1.165, 1.54) is 12.1 Å². The highest BCUT2D eigenvalue weighted by Crippen LogP contribution is 2.29. The molecule has 0 unspecified atom stereocenters. The highest BCUT2D eigenvalue weighted by molar-refractivity contribution is 5.92. The van der Waals surface area contributed by atoms with Gasteiger partial charge in [0.1, 0.15) is 0 Å². The summed E-state index contributed by atoms with van der Waals surface area (Å²) in [5, 5.41) is 2.60. The van der Waals surface area contributed by atoms with E-state index in [1.54, 1.807) is 0 Å². The molecule has 5 heteroatoms. The Balaban J connectivity index is 2.03. The van der Waals surface area contributed by atoms with Crippen molar-refractivity contribution in [3.63, 3.8) is 0 Å². The van der Waals surface area contributed by atoms with Gasteiger partial charge < -0.3 is 5.32 Å². The standard InChI is InChI=1S/C17H16F3NO/c1-11-3-4-13(12(2)9-11)10-16(22)21-15-7-5-14(6-8-15)17(18,19)20/h3-9H,10H2,1-2H3,(H,21,22). The Bertz CT molecular complexity index is 675. The number of benzene rings is 2. The molecule has 0 saturated heterocycles. The van der Waals surface area contributed by atoms with E-state index >= 15 is 0 Å². The van der Waals surface area contributed by atoms with Crippen LogP contribution in [0.3, 0.4) is 0 Å². The van der Waals surface area contributed by atoms with Crippen LogP contribution in [0.25, 0.3) is 0 Å². The molecule has 0 atom stereocenters. The first-order chi connectivity index (χ1) is 10.3. The van der Waals surface area contributed by atoms with Gasteiger partial charge in [0.2, 0.25) is 5.91 Å². The van der Waals surface area contributed by atoms with Crippen molar-refractivity contribution in [1.29, 1.82) is 0 Å². The van der Waals surface area contributed by atoms with Crippen molar-refractivity contribution < 1.29 is 18.0 Å². The quantitative estimate of drug-likeness (QED) is 0.888. The molecule has 0 aliphatic heterocycles. The van der Waals surface area contributed by atoms with Gasteiger partial charge in [-0.3, -0.25) is 4.79 Å². The number of hydrogen-bond donors (Lipinski definition) is 1. The molecule has 0 heterocycles. The van der Waals surface area contributed by atoms with E-state index in [2.05, 4.69) is 5.32 Å². The molecule has 1 amide bonds. The van der Waals surface area contributed by atoms with Gasteiger partial charge in [-0.1, -0.05) is 23.8 Å². The number of carbonyl (C=O) groups excluding carboxylic acids is 1. The second-order valence-corrected chi connectivity index (χ2v) is 5.23. The maximum Gasteiger partial charge on any atom is 0.416 e. The van der Waals surface area contributed by atoms with Crippen LogP contribution in [0.5, 0.6) is 0 Å². The van der Waals surface area contributed by atoms with E-state index < -0.39 is 11.7 Å². The van der Waals surface area contributed by atoms with Crippen LogP contribution in [0.4, 0.5) is 18.9 Å². The average Bonchev–Trinajstić information content (AvgIpc) is 2.41. The molecule has 0 aliphatic carbocycles. The van der Waals surface area contributed by atoms with Gasteiger partial charge in [0, 0.05) is 5.69 Å². The zero-order valence-electron chi connectivity index (χ0n) is 12.3. The average molecular weight is 307 g/mol. The molecule has 0 fully saturated rings. The predicted molar refractivity (Wildman–Crippen MR) is 79.7 cm³/mol. The SMILES string of the molecule is Cc1ccc(CC(=O)Nc2ccc(C(F)(F)F)cc2)c(C)c1. The summed E-state index contributed by atoms with van der Waals surface area (Å²) in [6, 6.07) is 10.2. The van der Waals surface area contributed by atoms with E-state index in [1.807, 2.05) is 32.0 Å². The van der Waals surface area contributed by atoms with E-state index in [4.69, 9.17) is 0 Å². The summed E-state index contributed by atoms with van der Waals surface area (Å²) in [6.45, 7) is 3.90. The fraction of sp³-hybridized carbons (Fsp3) is 0.235. The monoisotopic (exact) mass is 307 g/mol. The molecule has 0 spiro atoms. The fourth-order valence-corrected chi connectivity index (χ4v) is 2.16. The minimum atomic E-state index is -4.37. The Kier molecular flexibility index (Phi) is 4.54. The zero-order valence-corrected chi connectivity index (χ0v) is 12.3. The summed E-state index contributed by atoms with van der Waals surface area (Å²) >= 11 is 0. The van der Waals surface area contributed by atoms with Gasteiger partial charge in [0.15, 0.2) is 0 Å². The molecule has 2 aromatic carbocycles. The molecule has 0 aromatic heterocycles. The molecule has 2 rings (SSSR count). The highest BCUT2D eigenvalue weighted by Gasteiger charge is 2.29. The van der Waals surface area contributed by atoms with Gasteiger partial charge in [-0.25, -0.2) is 0 Å². The Labute approximate surface area is 127 Å². The van der Waals surface area contributed by atoms with E-state index in [0.717, 1.165) is 28.8 Å². The van der Waals surface area contributed by atoms with Crippen molar-refractivity contribution in [3.8, 4) is 0 Å². The Morgan fingerprint density at radius 2 is 1.68 bits per heavy atom. The third kappa shape index (κ3) is 4.10. The number of halogens is 3. The minimum Gasteiger partial charge on any atom is -0.326 e. The van der Waals surface area contributed by atoms with Gasteiger partial charge in [0.05, 0.1) is 12.0 Å². The molecular formula is C17H16F3NO. The molecule has 1 N–H and O–H groups in total. The Morgan fingerprint density at radius 3 is 2.23 bits per heavy atom. The molecule has 2 aromatic rings. The second kappa shape index (κ2) is 6.22. The van der Waals surface area contributed by atoms with E-state index in [-0.39, 0.29) is 12.3 Å². The van der Waals surface area contributed by atoms with Crippen molar-refractivity contribution in [2.45, 2.75) is 26.4 Å². The number of carbonyl (C=O) groups is 1. The first-order valence-electron chi connectivity index (χ1n) is 6.79. The molecular weight excluding hydrogens is 291 g/mol. The summed E-state index contributed by atoms with van der Waals surface area (Å²) < 4.78 is 37.4. The van der Waals surface area contributed by atoms with Gasteiger partial charge in [-0.2, -0.15) is 13.2 Å². The lowest BCUT2D eigenvalue weighted by Crippen LogP contribution is -2.15. The third-order valence-electron chi connectivity index (χ3n) is 3.35. The van der Waals surface area contributed by atoms with Gasteiger partial charge >= 0.3 is 6.18 Å². The summed E-state index contributed by atoms with van der Waals surface area (Å²) in [7, 11) is 0. The molecule has 0 saturated carbocycles. The molecule has 0 aliphatic rings. The molecule has 2 nitrogen and oxygen atoms in total. The first-order valence-corrected chi connectivity index (χ1v) is 6.79. The van der Waals surface area contributed by atoms with Crippen LogP contribution in [0.2, 0.25) is 0 Å². The van der Waals surface area contributed by atoms with Crippen LogP contribution in [0, 0.1) is 13.8 Å². The van der Waals surface area contributed by atoms with Crippen LogP contribution in [-0.4, -0.2) is 5.91 Å². The van der Waals surface area contributed by atoms with E-state index in [0.29, 0.717) is 5.69 Å². The molecule has 0 radical (unpaired) electrons. The lowest BCUT2D eigenvalue weighted by Gasteiger charge is -2.10. The number of amides is 1. The topological polar surface area (TPSA) is 29.1 Å². The van der Waals surface area contributed by atoms with Crippen molar-refractivity contribution in [1.82, 2.24) is 0 Å². The van der Waals surface area contributed by atoms with E-state index in [9.17, 15) is 18.0 Å². The third-order valence-corrected chi connectivity index (χ3v) is 3.35. The van der Waals surface area contributed by atoms with Crippen LogP contribution >= 0.6 is 0 Å². The number of alkyl halides is 3. The van der Waals surface area contributed by atoms with Gasteiger partial charge in [0.25, 0.3) is 0 Å². The summed E-state index contributed by atoms with van der Waals surface area (Å²) in [4.78, 5) is 12.0. The summed E-state index contributed by atoms with van der Waals surface area (Å²) in [5.74, 6) is -0.258. The number of rotatable bonds is 3. The summed E-state index contributed by atoms with van der Waals surface area (Å²) in [6.07, 6.45) is -4.19. The number of anilines is 1. The largest absolute Gasteiger partial charge is 0.416 e. The zero-order chi connectivity index (χ0) is 16.3. The van der Waals surface area contributed by atoms with Gasteiger partial charge in [-0.15, -0.1) is 0 Å². The lowest BCUT2D eigenvalue weighted by atomic mass is 10.0. The Morgan fingerprint density at radius 1 is 1.05 bits per heavy atom. The molecule has 116 valence electrons. The van der Waals surface area contributed by atoms with Crippen LogP contribution < -0.4 is 5.32 Å². The predicted octanol–water partition coefficient (Wildman–Crippen LogP) is 4.50. The number of hydrogen-bond acceptors (Lipinski definition) is 1. The van der Waals surface area contributed by atoms with Crippen molar-refractivity contribution in [2.24, 2.45) is 0 Å². The maximum absolute atomic E-state index is 12.5. The normalized spacial score (nSPS) is 11.3. The maximum atomic E-state index is 12.5. The van der Waals surface area contributed by atoms with Crippen molar-refractivity contribution >= 4 is 11.6 Å². The van der Waals surface area contributed by atoms with Gasteiger partial charge in [-0.05, 0) is 49.2 Å². The number of aryl methyl sites for hydroxylation is 2. The highest BCUT2D eigenvalue weighted by atomic mass is 19.4. The van der Waals surface area contributed by atoms with Crippen molar-refractivity contribution in [2.75, 3.05) is 5.32 Å². The number of nitrogens with one attached hydrogen (secondary N) is 1. The fourth-order valence-electron chi connectivity index (χ4n) is 2.16. The lowest BCUT2D eigenvalue weighted by molar-refractivity contribution is -0.137. The van der Waals surface area contributed by atoms with Crippen LogP contribution in [0.15, 0.2) is 42.5 Å². The molecule has 22 heavy (non-hydrogen) atoms. The van der Waals surface area contributed by atoms with Crippen LogP contribution in [-0.2, 0) is 17.4 Å². The summed E-state index contributed by atoms with van der Waals surface area (Å²) in [5.41, 5.74) is 2.64. The minimum absolute atomic E-state index is 0.188. The second-order valence-electron chi connectivity index (χ2n) is 5.23. The first kappa shape index (κ1) is 16.1. The molecule has 0 bridgehead atoms.